The molecule has 0 spiro atoms. The molecule has 0 radical (unpaired) electrons. The van der Waals surface area contributed by atoms with E-state index in [1.54, 1.807) is 6.20 Å². The van der Waals surface area contributed by atoms with Crippen LogP contribution in [0.5, 0.6) is 0 Å². The van der Waals surface area contributed by atoms with Gasteiger partial charge in [0.2, 0.25) is 0 Å². The fraction of sp³-hybridized carbons (Fsp3) is 0.304. The van der Waals surface area contributed by atoms with Gasteiger partial charge in [0.25, 0.3) is 0 Å². The minimum absolute atomic E-state index is 0.599. The Kier molecular flexibility index (Phi) is 4.65. The van der Waals surface area contributed by atoms with Crippen LogP contribution in [0.25, 0.3) is 27.5 Å². The third-order valence-electron chi connectivity index (χ3n) is 6.26. The average Bonchev–Trinajstić information content (AvgIpc) is 3.40. The van der Waals surface area contributed by atoms with Crippen molar-refractivity contribution in [2.75, 3.05) is 43.9 Å². The SMILES string of the molecule is CN1CCN(c2ccc(-n3nc(-c4cccnc4)c4c3-c3sc(N)nc3CC4)cn2)CC1. The van der Waals surface area contributed by atoms with Crippen LogP contribution in [0.15, 0.2) is 42.9 Å². The number of rotatable bonds is 3. The fourth-order valence-electron chi connectivity index (χ4n) is 4.54. The summed E-state index contributed by atoms with van der Waals surface area (Å²) in [5.41, 5.74) is 12.4. The van der Waals surface area contributed by atoms with Crippen LogP contribution in [-0.2, 0) is 12.8 Å². The lowest BCUT2D eigenvalue weighted by Crippen LogP contribution is -2.44. The molecule has 0 saturated carbocycles. The van der Waals surface area contributed by atoms with Gasteiger partial charge in [0.15, 0.2) is 5.13 Å². The summed E-state index contributed by atoms with van der Waals surface area (Å²) in [6, 6.07) is 8.22. The van der Waals surface area contributed by atoms with Crippen LogP contribution in [0, 0.1) is 0 Å². The number of piperazine rings is 1. The third kappa shape index (κ3) is 3.25. The number of nitrogens with two attached hydrogens (primary N) is 1. The van der Waals surface area contributed by atoms with E-state index in [2.05, 4.69) is 45.0 Å². The summed E-state index contributed by atoms with van der Waals surface area (Å²) < 4.78 is 2.01. The molecule has 0 aromatic carbocycles. The Labute approximate surface area is 190 Å². The number of pyridine rings is 2. The summed E-state index contributed by atoms with van der Waals surface area (Å²) in [7, 11) is 2.16. The van der Waals surface area contributed by atoms with Crippen LogP contribution < -0.4 is 10.6 Å². The van der Waals surface area contributed by atoms with Gasteiger partial charge in [-0.2, -0.15) is 5.10 Å². The van der Waals surface area contributed by atoms with Crippen LogP contribution in [0.4, 0.5) is 10.9 Å². The van der Waals surface area contributed by atoms with E-state index < -0.39 is 0 Å². The van der Waals surface area contributed by atoms with E-state index in [4.69, 9.17) is 15.8 Å². The number of likely N-dealkylation sites (N-methyl/N-ethyl adjacent to an activating group) is 1. The van der Waals surface area contributed by atoms with Gasteiger partial charge in [-0.15, -0.1) is 0 Å². The quantitative estimate of drug-likeness (QED) is 0.520. The normalized spacial score (nSPS) is 16.1. The van der Waals surface area contributed by atoms with Crippen molar-refractivity contribution >= 4 is 22.3 Å². The lowest BCUT2D eigenvalue weighted by atomic mass is 9.95. The Morgan fingerprint density at radius 3 is 2.66 bits per heavy atom. The second kappa shape index (κ2) is 7.68. The van der Waals surface area contributed by atoms with Gasteiger partial charge in [-0.05, 0) is 44.2 Å². The molecule has 5 heterocycles. The highest BCUT2D eigenvalue weighted by molar-refractivity contribution is 7.18. The molecule has 1 aliphatic carbocycles. The third-order valence-corrected chi connectivity index (χ3v) is 7.20. The lowest BCUT2D eigenvalue weighted by Gasteiger charge is -2.33. The van der Waals surface area contributed by atoms with E-state index in [0.717, 1.165) is 78.0 Å². The molecule has 162 valence electrons. The number of nitrogens with zero attached hydrogens (tertiary/aromatic N) is 7. The van der Waals surface area contributed by atoms with E-state index >= 15 is 0 Å². The molecule has 1 fully saturated rings. The Morgan fingerprint density at radius 1 is 1.03 bits per heavy atom. The van der Waals surface area contributed by atoms with Gasteiger partial charge in [-0.3, -0.25) is 4.98 Å². The molecule has 2 aliphatic rings. The van der Waals surface area contributed by atoms with Gasteiger partial charge < -0.3 is 15.5 Å². The molecule has 0 bridgehead atoms. The van der Waals surface area contributed by atoms with Gasteiger partial charge >= 0.3 is 0 Å². The van der Waals surface area contributed by atoms with Crippen LogP contribution in [0.1, 0.15) is 11.3 Å². The minimum atomic E-state index is 0.599. The summed E-state index contributed by atoms with van der Waals surface area (Å²) in [4.78, 5) is 19.5. The standard InChI is InChI=1S/C23H24N8S/c1-29-9-11-30(12-10-29)19-7-4-16(14-26-19)31-21-17(5-6-18-22(21)32-23(24)27-18)20(28-31)15-3-2-8-25-13-15/h2-4,7-8,13-14H,5-6,9-12H2,1H3,(H2,24,27). The fourth-order valence-corrected chi connectivity index (χ4v) is 5.47. The summed E-state index contributed by atoms with van der Waals surface area (Å²) in [6.07, 6.45) is 7.33. The average molecular weight is 445 g/mol. The molecule has 4 aromatic heterocycles. The molecule has 1 aliphatic heterocycles. The molecule has 32 heavy (non-hydrogen) atoms. The maximum absolute atomic E-state index is 6.08. The maximum atomic E-state index is 6.08. The smallest absolute Gasteiger partial charge is 0.180 e. The Balaban J connectivity index is 1.45. The molecule has 1 saturated heterocycles. The number of nitrogen functional groups attached to an aromatic ring is 1. The molecule has 9 heteroatoms. The Bertz CT molecular complexity index is 1250. The largest absolute Gasteiger partial charge is 0.375 e. The van der Waals surface area contributed by atoms with Crippen molar-refractivity contribution in [1.29, 1.82) is 0 Å². The number of fused-ring (bicyclic) bond motifs is 3. The molecule has 0 amide bonds. The van der Waals surface area contributed by atoms with Gasteiger partial charge in [0.05, 0.1) is 33.8 Å². The van der Waals surface area contributed by atoms with Gasteiger partial charge in [-0.1, -0.05) is 11.3 Å². The van der Waals surface area contributed by atoms with E-state index in [9.17, 15) is 0 Å². The topological polar surface area (TPSA) is 89.0 Å². The molecule has 8 nitrogen and oxygen atoms in total. The zero-order valence-electron chi connectivity index (χ0n) is 17.9. The molecule has 6 rings (SSSR count). The molecule has 0 unspecified atom stereocenters. The second-order valence-electron chi connectivity index (χ2n) is 8.32. The Hall–Kier alpha value is -3.30. The van der Waals surface area contributed by atoms with Crippen molar-refractivity contribution in [1.82, 2.24) is 29.6 Å². The number of anilines is 2. The first-order valence-corrected chi connectivity index (χ1v) is 11.7. The predicted molar refractivity (Wildman–Crippen MR) is 127 cm³/mol. The van der Waals surface area contributed by atoms with Crippen molar-refractivity contribution in [2.24, 2.45) is 0 Å². The Morgan fingerprint density at radius 2 is 1.91 bits per heavy atom. The van der Waals surface area contributed by atoms with Crippen LogP contribution in [-0.4, -0.2) is 62.9 Å². The zero-order valence-corrected chi connectivity index (χ0v) is 18.7. The van der Waals surface area contributed by atoms with Crippen molar-refractivity contribution in [3.8, 4) is 27.5 Å². The van der Waals surface area contributed by atoms with Gasteiger partial charge in [0.1, 0.15) is 5.82 Å². The van der Waals surface area contributed by atoms with Crippen LogP contribution in [0.2, 0.25) is 0 Å². The summed E-state index contributed by atoms with van der Waals surface area (Å²) in [6.45, 7) is 4.10. The van der Waals surface area contributed by atoms with E-state index in [1.807, 2.05) is 23.1 Å². The van der Waals surface area contributed by atoms with Crippen molar-refractivity contribution in [2.45, 2.75) is 12.8 Å². The number of aromatic nitrogens is 5. The number of hydrogen-bond acceptors (Lipinski definition) is 8. The molecular weight excluding hydrogens is 420 g/mol. The van der Waals surface area contributed by atoms with Gasteiger partial charge in [0, 0.05) is 49.7 Å². The van der Waals surface area contributed by atoms with Crippen LogP contribution in [0.3, 0.4) is 0 Å². The number of aryl methyl sites for hydroxylation is 1. The number of hydrogen-bond donors (Lipinski definition) is 1. The lowest BCUT2D eigenvalue weighted by molar-refractivity contribution is 0.312. The molecule has 4 aromatic rings. The summed E-state index contributed by atoms with van der Waals surface area (Å²) in [5, 5.41) is 5.65. The highest BCUT2D eigenvalue weighted by Gasteiger charge is 2.29. The summed E-state index contributed by atoms with van der Waals surface area (Å²) >= 11 is 1.53. The summed E-state index contributed by atoms with van der Waals surface area (Å²) in [5.74, 6) is 1.01. The predicted octanol–water partition coefficient (Wildman–Crippen LogP) is 2.89. The second-order valence-corrected chi connectivity index (χ2v) is 9.35. The maximum Gasteiger partial charge on any atom is 0.180 e. The minimum Gasteiger partial charge on any atom is -0.375 e. The van der Waals surface area contributed by atoms with Gasteiger partial charge in [-0.25, -0.2) is 14.6 Å². The zero-order chi connectivity index (χ0) is 21.7. The first kappa shape index (κ1) is 19.4. The van der Waals surface area contributed by atoms with Crippen LogP contribution >= 0.6 is 11.3 Å². The van der Waals surface area contributed by atoms with Crippen molar-refractivity contribution < 1.29 is 0 Å². The molecule has 0 atom stereocenters. The van der Waals surface area contributed by atoms with Crippen molar-refractivity contribution in [3.05, 3.63) is 54.1 Å². The monoisotopic (exact) mass is 444 g/mol. The highest BCUT2D eigenvalue weighted by atomic mass is 32.1. The molecular formula is C23H24N8S. The number of thiazole rings is 1. The van der Waals surface area contributed by atoms with E-state index in [1.165, 1.54) is 16.9 Å². The first-order chi connectivity index (χ1) is 15.7. The molecule has 2 N–H and O–H groups in total. The van der Waals surface area contributed by atoms with E-state index in [-0.39, 0.29) is 0 Å². The van der Waals surface area contributed by atoms with E-state index in [0.29, 0.717) is 5.13 Å². The highest BCUT2D eigenvalue weighted by Crippen LogP contribution is 2.43. The van der Waals surface area contributed by atoms with Crippen molar-refractivity contribution in [3.63, 3.8) is 0 Å². The first-order valence-electron chi connectivity index (χ1n) is 10.8.